The van der Waals surface area contributed by atoms with Crippen LogP contribution in [0.15, 0.2) is 35.0 Å². The first-order valence-corrected chi connectivity index (χ1v) is 7.25. The van der Waals surface area contributed by atoms with Crippen molar-refractivity contribution in [2.45, 2.75) is 26.1 Å². The van der Waals surface area contributed by atoms with Crippen molar-refractivity contribution < 1.29 is 21.6 Å². The van der Waals surface area contributed by atoms with Gasteiger partial charge in [-0.2, -0.15) is 0 Å². The zero-order valence-electron chi connectivity index (χ0n) is 12.5. The number of hydrogen-bond donors (Lipinski definition) is 0. The zero-order chi connectivity index (χ0) is 14.4. The van der Waals surface area contributed by atoms with E-state index in [0.717, 1.165) is 41.0 Å². The van der Waals surface area contributed by atoms with Gasteiger partial charge in [-0.1, -0.05) is 12.1 Å². The van der Waals surface area contributed by atoms with Crippen molar-refractivity contribution in [2.24, 2.45) is 0 Å². The van der Waals surface area contributed by atoms with Crippen molar-refractivity contribution in [3.8, 4) is 0 Å². The molecule has 0 saturated carbocycles. The summed E-state index contributed by atoms with van der Waals surface area (Å²) < 4.78 is 11.8. The molecule has 3 aromatic rings. The molecule has 1 fully saturated rings. The van der Waals surface area contributed by atoms with Crippen molar-refractivity contribution in [3.63, 3.8) is 0 Å². The second kappa shape index (κ2) is 5.74. The Balaban J connectivity index is 0.00000144. The van der Waals surface area contributed by atoms with Gasteiger partial charge in [0, 0.05) is 18.5 Å². The van der Waals surface area contributed by atoms with Gasteiger partial charge in [0.25, 0.3) is 0 Å². The molecule has 0 N–H and O–H groups in total. The summed E-state index contributed by atoms with van der Waals surface area (Å²) in [5.41, 5.74) is 2.49. The number of halogens is 1. The third-order valence-corrected chi connectivity index (χ3v) is 3.86. The minimum atomic E-state index is 0. The maximum atomic E-state index is 6.00. The third-order valence-electron chi connectivity index (χ3n) is 3.86. The highest BCUT2D eigenvalue weighted by atomic mass is 35.5. The quantitative estimate of drug-likeness (QED) is 0.632. The average molecular weight is 319 g/mol. The second-order valence-corrected chi connectivity index (χ2v) is 5.64. The molecule has 2 atom stereocenters. The normalized spacial score (nSPS) is 22.0. The number of rotatable bonds is 1. The smallest absolute Gasteiger partial charge is 0.196 e. The Bertz CT molecular complexity index is 794. The topological polar surface area (TPSA) is 51.4 Å². The number of anilines is 1. The summed E-state index contributed by atoms with van der Waals surface area (Å²) in [6, 6.07) is 7.96. The molecule has 2 aromatic heterocycles. The SMILES string of the molecule is CC1CN(c2ncnc3c2oc2ccccc23)CC(C)O1.[Cl-]. The highest BCUT2D eigenvalue weighted by molar-refractivity contribution is 6.05. The Kier molecular flexibility index (Phi) is 3.93. The number of aromatic nitrogens is 2. The van der Waals surface area contributed by atoms with Crippen molar-refractivity contribution in [1.29, 1.82) is 0 Å². The lowest BCUT2D eigenvalue weighted by Crippen LogP contribution is -3.00. The molecular formula is C16H17ClN3O2-. The molecule has 0 bridgehead atoms. The van der Waals surface area contributed by atoms with E-state index in [0.29, 0.717) is 0 Å². The summed E-state index contributed by atoms with van der Waals surface area (Å²) in [5, 5.41) is 1.03. The maximum Gasteiger partial charge on any atom is 0.196 e. The first-order chi connectivity index (χ1) is 10.2. The maximum absolute atomic E-state index is 6.00. The Morgan fingerprint density at radius 2 is 1.82 bits per heavy atom. The van der Waals surface area contributed by atoms with Gasteiger partial charge in [0.2, 0.25) is 0 Å². The summed E-state index contributed by atoms with van der Waals surface area (Å²) in [6.45, 7) is 5.79. The predicted octanol–water partition coefficient (Wildman–Crippen LogP) is -0.00640. The molecule has 116 valence electrons. The monoisotopic (exact) mass is 318 g/mol. The van der Waals surface area contributed by atoms with Crippen molar-refractivity contribution in [3.05, 3.63) is 30.6 Å². The van der Waals surface area contributed by atoms with Crippen LogP contribution in [0.3, 0.4) is 0 Å². The van der Waals surface area contributed by atoms with Crippen LogP contribution in [0, 0.1) is 0 Å². The zero-order valence-corrected chi connectivity index (χ0v) is 13.2. The summed E-state index contributed by atoms with van der Waals surface area (Å²) >= 11 is 0. The number of hydrogen-bond acceptors (Lipinski definition) is 5. The average Bonchev–Trinajstić information content (AvgIpc) is 2.84. The van der Waals surface area contributed by atoms with Gasteiger partial charge < -0.3 is 26.5 Å². The molecule has 0 spiro atoms. The Hall–Kier alpha value is -1.85. The molecule has 0 aliphatic carbocycles. The second-order valence-electron chi connectivity index (χ2n) is 5.64. The Labute approximate surface area is 134 Å². The van der Waals surface area contributed by atoms with Crippen LogP contribution in [0.4, 0.5) is 5.82 Å². The molecule has 1 aliphatic heterocycles. The molecule has 1 aromatic carbocycles. The summed E-state index contributed by atoms with van der Waals surface area (Å²) in [6.07, 6.45) is 1.98. The number of fused-ring (bicyclic) bond motifs is 3. The van der Waals surface area contributed by atoms with Gasteiger partial charge in [-0.25, -0.2) is 9.97 Å². The van der Waals surface area contributed by atoms with Crippen LogP contribution in [0.2, 0.25) is 0 Å². The number of benzene rings is 1. The minimum Gasteiger partial charge on any atom is -1.00 e. The van der Waals surface area contributed by atoms with Crippen LogP contribution in [-0.2, 0) is 4.74 Å². The van der Waals surface area contributed by atoms with Crippen LogP contribution in [0.5, 0.6) is 0 Å². The standard InChI is InChI=1S/C16H17N3O2.ClH/c1-10-7-19(8-11(2)20-10)16-15-14(17-9-18-16)12-5-3-4-6-13(12)21-15;/h3-6,9-11H,7-8H2,1-2H3;1H/p-1. The van der Waals surface area contributed by atoms with Crippen LogP contribution in [0.25, 0.3) is 22.1 Å². The summed E-state index contributed by atoms with van der Waals surface area (Å²) in [4.78, 5) is 11.1. The highest BCUT2D eigenvalue weighted by Gasteiger charge is 2.26. The third kappa shape index (κ3) is 2.40. The van der Waals surface area contributed by atoms with Crippen LogP contribution < -0.4 is 17.3 Å². The van der Waals surface area contributed by atoms with Gasteiger partial charge in [-0.15, -0.1) is 0 Å². The lowest BCUT2D eigenvalue weighted by atomic mass is 10.2. The van der Waals surface area contributed by atoms with E-state index in [1.54, 1.807) is 6.33 Å². The van der Waals surface area contributed by atoms with E-state index in [1.807, 2.05) is 24.3 Å². The first-order valence-electron chi connectivity index (χ1n) is 7.25. The fraction of sp³-hybridized carbons (Fsp3) is 0.375. The molecule has 6 heteroatoms. The number of ether oxygens (including phenoxy) is 1. The van der Waals surface area contributed by atoms with Gasteiger partial charge in [0.1, 0.15) is 17.4 Å². The lowest BCUT2D eigenvalue weighted by molar-refractivity contribution is -0.00546. The van der Waals surface area contributed by atoms with Crippen molar-refractivity contribution in [1.82, 2.24) is 9.97 Å². The van der Waals surface area contributed by atoms with E-state index in [-0.39, 0.29) is 24.6 Å². The molecule has 4 rings (SSSR count). The molecule has 0 amide bonds. The number of nitrogens with zero attached hydrogens (tertiary/aromatic N) is 3. The molecule has 5 nitrogen and oxygen atoms in total. The van der Waals surface area contributed by atoms with E-state index in [1.165, 1.54) is 0 Å². The molecule has 1 aliphatic rings. The fourth-order valence-corrected chi connectivity index (χ4v) is 3.09. The van der Waals surface area contributed by atoms with Crippen LogP contribution in [-0.4, -0.2) is 35.3 Å². The molecule has 2 unspecified atom stereocenters. The fourth-order valence-electron chi connectivity index (χ4n) is 3.09. The van der Waals surface area contributed by atoms with Gasteiger partial charge in [-0.05, 0) is 26.0 Å². The molecular weight excluding hydrogens is 302 g/mol. The van der Waals surface area contributed by atoms with Crippen LogP contribution in [0.1, 0.15) is 13.8 Å². The lowest BCUT2D eigenvalue weighted by Gasteiger charge is -2.35. The molecule has 3 heterocycles. The van der Waals surface area contributed by atoms with Crippen LogP contribution >= 0.6 is 0 Å². The molecule has 0 radical (unpaired) electrons. The molecule has 1 saturated heterocycles. The first kappa shape index (κ1) is 15.1. The van der Waals surface area contributed by atoms with Gasteiger partial charge in [0.15, 0.2) is 11.4 Å². The largest absolute Gasteiger partial charge is 1.00 e. The van der Waals surface area contributed by atoms with Crippen molar-refractivity contribution >= 4 is 27.9 Å². The summed E-state index contributed by atoms with van der Waals surface area (Å²) in [5.74, 6) is 0.859. The van der Waals surface area contributed by atoms with E-state index < -0.39 is 0 Å². The van der Waals surface area contributed by atoms with E-state index in [9.17, 15) is 0 Å². The number of para-hydroxylation sites is 1. The minimum absolute atomic E-state index is 0. The summed E-state index contributed by atoms with van der Waals surface area (Å²) in [7, 11) is 0. The molecule has 22 heavy (non-hydrogen) atoms. The van der Waals surface area contributed by atoms with Crippen molar-refractivity contribution in [2.75, 3.05) is 18.0 Å². The number of morpholine rings is 1. The van der Waals surface area contributed by atoms with E-state index in [4.69, 9.17) is 9.15 Å². The number of furan rings is 1. The van der Waals surface area contributed by atoms with Gasteiger partial charge >= 0.3 is 0 Å². The predicted molar refractivity (Wildman–Crippen MR) is 81.5 cm³/mol. The highest BCUT2D eigenvalue weighted by Crippen LogP contribution is 2.33. The van der Waals surface area contributed by atoms with Gasteiger partial charge in [-0.3, -0.25) is 0 Å². The van der Waals surface area contributed by atoms with E-state index in [2.05, 4.69) is 28.7 Å². The van der Waals surface area contributed by atoms with E-state index >= 15 is 0 Å². The Morgan fingerprint density at radius 1 is 1.09 bits per heavy atom. The Morgan fingerprint density at radius 3 is 2.59 bits per heavy atom. The van der Waals surface area contributed by atoms with Gasteiger partial charge in [0.05, 0.1) is 12.2 Å².